The van der Waals surface area contributed by atoms with E-state index in [9.17, 15) is 14.4 Å². The number of carbonyl (C=O) groups excluding carboxylic acids is 3. The van der Waals surface area contributed by atoms with E-state index in [2.05, 4.69) is 10.6 Å². The van der Waals surface area contributed by atoms with Gasteiger partial charge in [0.1, 0.15) is 11.5 Å². The van der Waals surface area contributed by atoms with Gasteiger partial charge in [-0.2, -0.15) is 0 Å². The van der Waals surface area contributed by atoms with E-state index in [1.807, 2.05) is 37.3 Å². The van der Waals surface area contributed by atoms with E-state index in [0.717, 1.165) is 5.56 Å². The lowest BCUT2D eigenvalue weighted by molar-refractivity contribution is -0.148. The van der Waals surface area contributed by atoms with Gasteiger partial charge >= 0.3 is 5.97 Å². The first kappa shape index (κ1) is 27.0. The van der Waals surface area contributed by atoms with Gasteiger partial charge < -0.3 is 20.1 Å². The highest BCUT2D eigenvalue weighted by atomic mass is 35.5. The molecule has 36 heavy (non-hydrogen) atoms. The van der Waals surface area contributed by atoms with E-state index >= 15 is 0 Å². The highest BCUT2D eigenvalue weighted by Crippen LogP contribution is 2.32. The van der Waals surface area contributed by atoms with E-state index in [1.54, 1.807) is 42.5 Å². The van der Waals surface area contributed by atoms with E-state index in [1.165, 1.54) is 0 Å². The Labute approximate surface area is 219 Å². The summed E-state index contributed by atoms with van der Waals surface area (Å²) in [5, 5.41) is 6.43. The minimum atomic E-state index is -0.535. The van der Waals surface area contributed by atoms with Crippen molar-refractivity contribution in [3.05, 3.63) is 88.4 Å². The highest BCUT2D eigenvalue weighted by Gasteiger charge is 2.12. The molecule has 3 rings (SSSR count). The molecule has 0 aliphatic heterocycles. The molecule has 7 nitrogen and oxygen atoms in total. The fourth-order valence-electron chi connectivity index (χ4n) is 3.23. The second kappa shape index (κ2) is 13.5. The zero-order valence-electron chi connectivity index (χ0n) is 19.6. The fraction of sp³-hybridized carbons (Fsp3) is 0.222. The molecule has 2 N–H and O–H groups in total. The van der Waals surface area contributed by atoms with Gasteiger partial charge in [-0.3, -0.25) is 14.4 Å². The molecule has 0 aromatic heterocycles. The van der Waals surface area contributed by atoms with E-state index in [4.69, 9.17) is 32.7 Å². The molecule has 9 heteroatoms. The third-order valence-corrected chi connectivity index (χ3v) is 5.62. The van der Waals surface area contributed by atoms with Crippen LogP contribution in [-0.2, 0) is 19.1 Å². The summed E-state index contributed by atoms with van der Waals surface area (Å²) < 4.78 is 10.7. The zero-order valence-corrected chi connectivity index (χ0v) is 21.1. The largest absolute Gasteiger partial charge is 0.456 e. The van der Waals surface area contributed by atoms with Crippen molar-refractivity contribution in [2.75, 3.05) is 11.9 Å². The van der Waals surface area contributed by atoms with Crippen LogP contribution in [0.15, 0.2) is 72.8 Å². The number of esters is 1. The molecule has 0 unspecified atom stereocenters. The fourth-order valence-corrected chi connectivity index (χ4v) is 3.68. The molecule has 0 fully saturated rings. The van der Waals surface area contributed by atoms with Crippen molar-refractivity contribution >= 4 is 46.7 Å². The van der Waals surface area contributed by atoms with Gasteiger partial charge in [0.25, 0.3) is 5.91 Å². The van der Waals surface area contributed by atoms with Gasteiger partial charge in [0.15, 0.2) is 6.61 Å². The normalized spacial score (nSPS) is 11.3. The Balaban J connectivity index is 1.33. The van der Waals surface area contributed by atoms with Gasteiger partial charge in [-0.1, -0.05) is 53.5 Å². The number of rotatable bonds is 11. The number of carbonyl (C=O) groups is 3. The minimum Gasteiger partial charge on any atom is -0.456 e. The average molecular weight is 529 g/mol. The van der Waals surface area contributed by atoms with Crippen molar-refractivity contribution in [2.45, 2.75) is 32.2 Å². The van der Waals surface area contributed by atoms with Crippen molar-refractivity contribution in [2.24, 2.45) is 0 Å². The Morgan fingerprint density at radius 3 is 2.31 bits per heavy atom. The summed E-state index contributed by atoms with van der Waals surface area (Å²) in [4.78, 5) is 36.1. The molecule has 0 aliphatic rings. The topological polar surface area (TPSA) is 93.7 Å². The molecular weight excluding hydrogens is 503 g/mol. The van der Waals surface area contributed by atoms with Crippen LogP contribution in [-0.4, -0.2) is 24.4 Å². The number of nitrogens with one attached hydrogen (secondary N) is 2. The Morgan fingerprint density at radius 2 is 1.61 bits per heavy atom. The van der Waals surface area contributed by atoms with Crippen LogP contribution in [0.25, 0.3) is 0 Å². The maximum Gasteiger partial charge on any atom is 0.306 e. The van der Waals surface area contributed by atoms with Crippen LogP contribution < -0.4 is 15.4 Å². The zero-order chi connectivity index (χ0) is 25.9. The van der Waals surface area contributed by atoms with E-state index in [0.29, 0.717) is 33.7 Å². The van der Waals surface area contributed by atoms with Gasteiger partial charge in [-0.25, -0.2) is 0 Å². The van der Waals surface area contributed by atoms with Gasteiger partial charge in [-0.15, -0.1) is 0 Å². The Hall–Kier alpha value is -3.55. The summed E-state index contributed by atoms with van der Waals surface area (Å²) in [6.45, 7) is 1.49. The maximum atomic E-state index is 12.2. The summed E-state index contributed by atoms with van der Waals surface area (Å²) in [5.74, 6) is -0.155. The molecule has 0 saturated heterocycles. The van der Waals surface area contributed by atoms with Crippen molar-refractivity contribution in [1.82, 2.24) is 5.32 Å². The Bertz CT molecular complexity index is 1190. The molecule has 3 aromatic rings. The number of benzene rings is 3. The number of anilines is 1. The van der Waals surface area contributed by atoms with Crippen LogP contribution in [0.1, 0.15) is 37.8 Å². The second-order valence-corrected chi connectivity index (χ2v) is 8.81. The van der Waals surface area contributed by atoms with Gasteiger partial charge in [-0.05, 0) is 61.4 Å². The molecule has 0 spiro atoms. The first-order valence-corrected chi connectivity index (χ1v) is 12.1. The maximum absolute atomic E-state index is 12.2. The summed E-state index contributed by atoms with van der Waals surface area (Å²) in [7, 11) is 0. The number of hydrogen-bond acceptors (Lipinski definition) is 5. The monoisotopic (exact) mass is 528 g/mol. The average Bonchev–Trinajstić information content (AvgIpc) is 2.86. The standard InChI is InChI=1S/C27H26Cl2N2O5/c1-18(19-6-3-2-4-7-19)30-26(33)17-35-27(34)9-5-8-25(32)31-21-11-13-22(14-12-21)36-24-15-10-20(28)16-23(24)29/h2-4,6-7,10-16,18H,5,8-9,17H2,1H3,(H,30,33)(H,31,32)/t18-/m1/s1. The summed E-state index contributed by atoms with van der Waals surface area (Å²) in [6.07, 6.45) is 0.456. The van der Waals surface area contributed by atoms with Crippen LogP contribution in [0.3, 0.4) is 0 Å². The van der Waals surface area contributed by atoms with E-state index in [-0.39, 0.29) is 37.3 Å². The number of amides is 2. The molecule has 0 radical (unpaired) electrons. The van der Waals surface area contributed by atoms with Gasteiger partial charge in [0.05, 0.1) is 11.1 Å². The summed E-state index contributed by atoms with van der Waals surface area (Å²) in [5.41, 5.74) is 1.54. The predicted octanol–water partition coefficient (Wildman–Crippen LogP) is 6.32. The van der Waals surface area contributed by atoms with Crippen LogP contribution in [0.4, 0.5) is 5.69 Å². The molecule has 0 heterocycles. The van der Waals surface area contributed by atoms with E-state index < -0.39 is 5.97 Å². The second-order valence-electron chi connectivity index (χ2n) is 7.96. The Morgan fingerprint density at radius 1 is 0.889 bits per heavy atom. The predicted molar refractivity (Wildman–Crippen MR) is 139 cm³/mol. The molecule has 1 atom stereocenters. The lowest BCUT2D eigenvalue weighted by Gasteiger charge is -2.14. The number of ether oxygens (including phenoxy) is 2. The number of halogens is 2. The molecule has 2 amide bonds. The van der Waals surface area contributed by atoms with Crippen LogP contribution in [0.5, 0.6) is 11.5 Å². The Kier molecular flexibility index (Phi) is 10.2. The first-order valence-electron chi connectivity index (χ1n) is 11.3. The first-order chi connectivity index (χ1) is 17.3. The molecule has 188 valence electrons. The summed E-state index contributed by atoms with van der Waals surface area (Å²) in [6, 6.07) is 21.0. The third kappa shape index (κ3) is 8.91. The van der Waals surface area contributed by atoms with Crippen LogP contribution >= 0.6 is 23.2 Å². The summed E-state index contributed by atoms with van der Waals surface area (Å²) >= 11 is 12.0. The van der Waals surface area contributed by atoms with Crippen molar-refractivity contribution < 1.29 is 23.9 Å². The lowest BCUT2D eigenvalue weighted by atomic mass is 10.1. The van der Waals surface area contributed by atoms with Gasteiger partial charge in [0, 0.05) is 23.6 Å². The van der Waals surface area contributed by atoms with Gasteiger partial charge in [0.2, 0.25) is 5.91 Å². The SMILES string of the molecule is C[C@@H](NC(=O)COC(=O)CCCC(=O)Nc1ccc(Oc2ccc(Cl)cc2Cl)cc1)c1ccccc1. The smallest absolute Gasteiger partial charge is 0.306 e. The van der Waals surface area contributed by atoms with Crippen molar-refractivity contribution in [1.29, 1.82) is 0 Å². The van der Waals surface area contributed by atoms with Crippen LogP contribution in [0, 0.1) is 0 Å². The van der Waals surface area contributed by atoms with Crippen molar-refractivity contribution in [3.63, 3.8) is 0 Å². The van der Waals surface area contributed by atoms with Crippen molar-refractivity contribution in [3.8, 4) is 11.5 Å². The molecule has 3 aromatic carbocycles. The molecule has 0 bridgehead atoms. The molecular formula is C27H26Cl2N2O5. The molecule has 0 saturated carbocycles. The minimum absolute atomic E-state index is 0.0313. The third-order valence-electron chi connectivity index (χ3n) is 5.09. The number of hydrogen-bond donors (Lipinski definition) is 2. The highest BCUT2D eigenvalue weighted by molar-refractivity contribution is 6.35. The quantitative estimate of drug-likeness (QED) is 0.284. The molecule has 0 aliphatic carbocycles. The lowest BCUT2D eigenvalue weighted by Crippen LogP contribution is -2.31. The van der Waals surface area contributed by atoms with Crippen LogP contribution in [0.2, 0.25) is 10.0 Å².